The molecule has 1 aliphatic heterocycles. The van der Waals surface area contributed by atoms with Gasteiger partial charge in [0.1, 0.15) is 0 Å². The monoisotopic (exact) mass is 171 g/mol. The number of carbonyl (C=O) groups is 1. The highest BCUT2D eigenvalue weighted by atomic mass is 16.3. The molecule has 1 fully saturated rings. The highest BCUT2D eigenvalue weighted by Crippen LogP contribution is 2.27. The van der Waals surface area contributed by atoms with Crippen LogP contribution < -0.4 is 0 Å². The average molecular weight is 171 g/mol. The molecule has 0 unspecified atom stereocenters. The van der Waals surface area contributed by atoms with E-state index in [1.54, 1.807) is 4.90 Å². The molecule has 3 nitrogen and oxygen atoms in total. The first-order chi connectivity index (χ1) is 5.43. The van der Waals surface area contributed by atoms with Gasteiger partial charge in [-0.3, -0.25) is 4.79 Å². The van der Waals surface area contributed by atoms with E-state index in [1.165, 1.54) is 6.92 Å². The number of β-amino-alcohol motifs (C(OH)–C–C–N with tert-alkyl or cyclic N) is 1. The van der Waals surface area contributed by atoms with Crippen LogP contribution >= 0.6 is 0 Å². The van der Waals surface area contributed by atoms with E-state index >= 15 is 0 Å². The Labute approximate surface area is 73.4 Å². The van der Waals surface area contributed by atoms with E-state index in [0.717, 1.165) is 6.42 Å². The number of aliphatic hydroxyl groups is 1. The molecule has 70 valence electrons. The van der Waals surface area contributed by atoms with Crippen LogP contribution in [0.3, 0.4) is 0 Å². The Morgan fingerprint density at radius 1 is 1.58 bits per heavy atom. The lowest BCUT2D eigenvalue weighted by Crippen LogP contribution is -2.63. The van der Waals surface area contributed by atoms with Gasteiger partial charge in [-0.1, -0.05) is 13.8 Å². The van der Waals surface area contributed by atoms with Crippen LogP contribution in [0, 0.1) is 5.92 Å². The maximum Gasteiger partial charge on any atom is 0.219 e. The predicted octanol–water partition coefficient (Wildman–Crippen LogP) is 0.626. The molecule has 3 heteroatoms. The summed E-state index contributed by atoms with van der Waals surface area (Å²) in [5, 5.41) is 9.81. The van der Waals surface area contributed by atoms with E-state index in [2.05, 4.69) is 13.8 Å². The molecule has 1 aliphatic rings. The first kappa shape index (κ1) is 9.52. The van der Waals surface area contributed by atoms with E-state index < -0.39 is 5.60 Å². The summed E-state index contributed by atoms with van der Waals surface area (Å²) >= 11 is 0. The van der Waals surface area contributed by atoms with Gasteiger partial charge in [-0.05, 0) is 12.3 Å². The summed E-state index contributed by atoms with van der Waals surface area (Å²) in [7, 11) is 0. The zero-order chi connectivity index (χ0) is 9.35. The minimum absolute atomic E-state index is 0.0587. The number of amides is 1. The summed E-state index contributed by atoms with van der Waals surface area (Å²) in [6.07, 6.45) is 0.788. The molecule has 1 amide bonds. The number of rotatable bonds is 2. The van der Waals surface area contributed by atoms with Gasteiger partial charge in [0.2, 0.25) is 5.91 Å². The number of hydrogen-bond acceptors (Lipinski definition) is 2. The van der Waals surface area contributed by atoms with Gasteiger partial charge in [0.15, 0.2) is 0 Å². The molecule has 12 heavy (non-hydrogen) atoms. The largest absolute Gasteiger partial charge is 0.386 e. The third kappa shape index (κ3) is 1.97. The topological polar surface area (TPSA) is 40.5 Å². The average Bonchev–Trinajstić information content (AvgIpc) is 1.80. The molecule has 0 aromatic heterocycles. The van der Waals surface area contributed by atoms with Crippen LogP contribution in [-0.2, 0) is 4.79 Å². The Hall–Kier alpha value is -0.570. The maximum atomic E-state index is 10.8. The summed E-state index contributed by atoms with van der Waals surface area (Å²) in [4.78, 5) is 12.5. The summed E-state index contributed by atoms with van der Waals surface area (Å²) in [5.74, 6) is 0.549. The Morgan fingerprint density at radius 3 is 2.42 bits per heavy atom. The van der Waals surface area contributed by atoms with Crippen LogP contribution in [0.2, 0.25) is 0 Å². The zero-order valence-electron chi connectivity index (χ0n) is 8.00. The van der Waals surface area contributed by atoms with Crippen molar-refractivity contribution in [1.82, 2.24) is 4.90 Å². The lowest BCUT2D eigenvalue weighted by Gasteiger charge is -2.47. The fourth-order valence-electron chi connectivity index (χ4n) is 1.78. The summed E-state index contributed by atoms with van der Waals surface area (Å²) < 4.78 is 0. The van der Waals surface area contributed by atoms with Crippen molar-refractivity contribution < 1.29 is 9.90 Å². The van der Waals surface area contributed by atoms with Crippen molar-refractivity contribution in [2.75, 3.05) is 13.1 Å². The highest BCUT2D eigenvalue weighted by molar-refractivity contribution is 5.74. The zero-order valence-corrected chi connectivity index (χ0v) is 8.00. The Morgan fingerprint density at radius 2 is 2.08 bits per heavy atom. The molecule has 1 N–H and O–H groups in total. The van der Waals surface area contributed by atoms with Crippen LogP contribution in [-0.4, -0.2) is 34.6 Å². The first-order valence-electron chi connectivity index (χ1n) is 4.41. The smallest absolute Gasteiger partial charge is 0.219 e. The lowest BCUT2D eigenvalue weighted by atomic mass is 9.85. The fourth-order valence-corrected chi connectivity index (χ4v) is 1.78. The molecule has 1 heterocycles. The summed E-state index contributed by atoms with van der Waals surface area (Å²) in [6.45, 7) is 6.72. The molecular formula is C9H17NO2. The van der Waals surface area contributed by atoms with Crippen molar-refractivity contribution in [3.63, 3.8) is 0 Å². The van der Waals surface area contributed by atoms with Crippen molar-refractivity contribution in [2.24, 2.45) is 5.92 Å². The fraction of sp³-hybridized carbons (Fsp3) is 0.889. The van der Waals surface area contributed by atoms with E-state index in [0.29, 0.717) is 19.0 Å². The second-order valence-corrected chi connectivity index (χ2v) is 4.20. The van der Waals surface area contributed by atoms with Gasteiger partial charge in [-0.2, -0.15) is 0 Å². The molecule has 0 aliphatic carbocycles. The number of hydrogen-bond donors (Lipinski definition) is 1. The van der Waals surface area contributed by atoms with Crippen LogP contribution in [0.5, 0.6) is 0 Å². The Bertz CT molecular complexity index is 183. The Balaban J connectivity index is 2.35. The van der Waals surface area contributed by atoms with Crippen molar-refractivity contribution in [3.8, 4) is 0 Å². The standard InChI is InChI=1S/C9H17NO2/c1-7(2)4-9(12)5-10(6-9)8(3)11/h7,12H,4-6H2,1-3H3. The molecule has 0 bridgehead atoms. The third-order valence-corrected chi connectivity index (χ3v) is 2.20. The predicted molar refractivity (Wildman–Crippen MR) is 46.7 cm³/mol. The lowest BCUT2D eigenvalue weighted by molar-refractivity contribution is -0.155. The van der Waals surface area contributed by atoms with Gasteiger partial charge in [0, 0.05) is 6.92 Å². The second kappa shape index (κ2) is 3.05. The van der Waals surface area contributed by atoms with Crippen LogP contribution in [0.15, 0.2) is 0 Å². The van der Waals surface area contributed by atoms with E-state index in [9.17, 15) is 9.90 Å². The molecule has 0 saturated carbocycles. The van der Waals surface area contributed by atoms with Crippen LogP contribution in [0.1, 0.15) is 27.2 Å². The quantitative estimate of drug-likeness (QED) is 0.662. The van der Waals surface area contributed by atoms with Crippen molar-refractivity contribution in [1.29, 1.82) is 0 Å². The Kier molecular flexibility index (Phi) is 2.42. The van der Waals surface area contributed by atoms with Crippen molar-refractivity contribution >= 4 is 5.91 Å². The van der Waals surface area contributed by atoms with Gasteiger partial charge < -0.3 is 10.0 Å². The van der Waals surface area contributed by atoms with E-state index in [-0.39, 0.29) is 5.91 Å². The molecular weight excluding hydrogens is 154 g/mol. The maximum absolute atomic E-state index is 10.8. The van der Waals surface area contributed by atoms with Gasteiger partial charge >= 0.3 is 0 Å². The van der Waals surface area contributed by atoms with Crippen LogP contribution in [0.25, 0.3) is 0 Å². The minimum atomic E-state index is -0.597. The first-order valence-corrected chi connectivity index (χ1v) is 4.41. The minimum Gasteiger partial charge on any atom is -0.386 e. The van der Waals surface area contributed by atoms with Gasteiger partial charge in [-0.15, -0.1) is 0 Å². The molecule has 0 spiro atoms. The molecule has 1 rings (SSSR count). The van der Waals surface area contributed by atoms with Crippen molar-refractivity contribution in [3.05, 3.63) is 0 Å². The normalized spacial score (nSPS) is 20.9. The number of carbonyl (C=O) groups excluding carboxylic acids is 1. The third-order valence-electron chi connectivity index (χ3n) is 2.20. The van der Waals surface area contributed by atoms with Crippen LogP contribution in [0.4, 0.5) is 0 Å². The molecule has 0 radical (unpaired) electrons. The second-order valence-electron chi connectivity index (χ2n) is 4.20. The van der Waals surface area contributed by atoms with E-state index in [1.807, 2.05) is 0 Å². The summed E-state index contributed by atoms with van der Waals surface area (Å²) in [5.41, 5.74) is -0.597. The van der Waals surface area contributed by atoms with Gasteiger partial charge in [0.05, 0.1) is 18.7 Å². The molecule has 0 aromatic rings. The SMILES string of the molecule is CC(=O)N1CC(O)(CC(C)C)C1. The summed E-state index contributed by atoms with van der Waals surface area (Å²) in [6, 6.07) is 0. The molecule has 1 saturated heterocycles. The number of nitrogens with zero attached hydrogens (tertiary/aromatic N) is 1. The highest BCUT2D eigenvalue weighted by Gasteiger charge is 2.42. The van der Waals surface area contributed by atoms with Gasteiger partial charge in [-0.25, -0.2) is 0 Å². The van der Waals surface area contributed by atoms with Gasteiger partial charge in [0.25, 0.3) is 0 Å². The molecule has 0 atom stereocenters. The molecule has 0 aromatic carbocycles. The van der Waals surface area contributed by atoms with E-state index in [4.69, 9.17) is 0 Å². The van der Waals surface area contributed by atoms with Crippen molar-refractivity contribution in [2.45, 2.75) is 32.8 Å². The number of likely N-dealkylation sites (tertiary alicyclic amines) is 1.